The zero-order valence-electron chi connectivity index (χ0n) is 13.8. The average Bonchev–Trinajstić information content (AvgIpc) is 2.93. The van der Waals surface area contributed by atoms with Gasteiger partial charge in [-0.15, -0.1) is 0 Å². The number of carboxylic acids is 1. The molecule has 0 saturated carbocycles. The van der Waals surface area contributed by atoms with Crippen LogP contribution < -0.4 is 15.0 Å². The molecule has 2 aromatic carbocycles. The van der Waals surface area contributed by atoms with Crippen molar-refractivity contribution in [1.82, 2.24) is 0 Å². The molecule has 0 unspecified atom stereocenters. The fraction of sp³-hybridized carbons (Fsp3) is 0.105. The quantitative estimate of drug-likeness (QED) is 0.790. The van der Waals surface area contributed by atoms with Gasteiger partial charge in [0.05, 0.1) is 17.2 Å². The Kier molecular flexibility index (Phi) is 4.35. The number of rotatable bonds is 4. The van der Waals surface area contributed by atoms with E-state index in [4.69, 9.17) is 0 Å². The van der Waals surface area contributed by atoms with Crippen LogP contribution in [0, 0.1) is 0 Å². The minimum atomic E-state index is -1.48. The number of hydrazone groups is 1. The van der Waals surface area contributed by atoms with E-state index in [9.17, 15) is 14.7 Å². The SMILES string of the molecule is CN(C)c1ccc(/C=C2/C(=O)N(c3ccccc3)N=C2C(=O)[O-])cc1. The summed E-state index contributed by atoms with van der Waals surface area (Å²) >= 11 is 0. The Morgan fingerprint density at radius 1 is 1.08 bits per heavy atom. The van der Waals surface area contributed by atoms with Gasteiger partial charge in [-0.05, 0) is 35.9 Å². The van der Waals surface area contributed by atoms with Crippen LogP contribution >= 0.6 is 0 Å². The molecule has 25 heavy (non-hydrogen) atoms. The summed E-state index contributed by atoms with van der Waals surface area (Å²) in [6.45, 7) is 0. The molecule has 0 fully saturated rings. The molecule has 1 aliphatic heterocycles. The minimum Gasteiger partial charge on any atom is -0.543 e. The van der Waals surface area contributed by atoms with Gasteiger partial charge in [-0.3, -0.25) is 4.79 Å². The van der Waals surface area contributed by atoms with E-state index in [2.05, 4.69) is 5.10 Å². The highest BCUT2D eigenvalue weighted by atomic mass is 16.4. The summed E-state index contributed by atoms with van der Waals surface area (Å²) in [7, 11) is 3.85. The number of nitrogens with zero attached hydrogens (tertiary/aromatic N) is 3. The minimum absolute atomic E-state index is 0.00135. The number of aliphatic carboxylic acids is 1. The molecule has 0 aliphatic carbocycles. The monoisotopic (exact) mass is 334 g/mol. The van der Waals surface area contributed by atoms with Crippen LogP contribution in [0.25, 0.3) is 6.08 Å². The lowest BCUT2D eigenvalue weighted by Gasteiger charge is -2.12. The molecule has 0 saturated heterocycles. The van der Waals surface area contributed by atoms with Crippen molar-refractivity contribution in [2.24, 2.45) is 5.10 Å². The van der Waals surface area contributed by atoms with E-state index in [0.717, 1.165) is 10.7 Å². The fourth-order valence-electron chi connectivity index (χ4n) is 2.48. The molecule has 0 bridgehead atoms. The van der Waals surface area contributed by atoms with E-state index in [0.29, 0.717) is 11.3 Å². The van der Waals surface area contributed by atoms with E-state index in [1.807, 2.05) is 43.3 Å². The third-order valence-electron chi connectivity index (χ3n) is 3.79. The van der Waals surface area contributed by atoms with E-state index in [1.54, 1.807) is 30.3 Å². The lowest BCUT2D eigenvalue weighted by molar-refractivity contribution is -0.294. The van der Waals surface area contributed by atoms with Gasteiger partial charge >= 0.3 is 0 Å². The Morgan fingerprint density at radius 2 is 1.72 bits per heavy atom. The molecule has 6 nitrogen and oxygen atoms in total. The number of para-hydroxylation sites is 1. The van der Waals surface area contributed by atoms with Crippen molar-refractivity contribution in [1.29, 1.82) is 0 Å². The largest absolute Gasteiger partial charge is 0.543 e. The predicted molar refractivity (Wildman–Crippen MR) is 95.1 cm³/mol. The van der Waals surface area contributed by atoms with Crippen LogP contribution in [0.1, 0.15) is 5.56 Å². The van der Waals surface area contributed by atoms with Gasteiger partial charge in [-0.1, -0.05) is 30.3 Å². The highest BCUT2D eigenvalue weighted by Crippen LogP contribution is 2.25. The normalized spacial score (nSPS) is 15.4. The molecule has 126 valence electrons. The molecule has 3 rings (SSSR count). The molecule has 1 heterocycles. The topological polar surface area (TPSA) is 76.0 Å². The van der Waals surface area contributed by atoms with Crippen LogP contribution in [0.2, 0.25) is 0 Å². The fourth-order valence-corrected chi connectivity index (χ4v) is 2.48. The zero-order chi connectivity index (χ0) is 18.0. The zero-order valence-corrected chi connectivity index (χ0v) is 13.8. The number of anilines is 2. The number of hydrogen-bond acceptors (Lipinski definition) is 5. The van der Waals surface area contributed by atoms with Gasteiger partial charge < -0.3 is 14.8 Å². The molecule has 0 atom stereocenters. The lowest BCUT2D eigenvalue weighted by atomic mass is 10.1. The number of hydrogen-bond donors (Lipinski definition) is 0. The highest BCUT2D eigenvalue weighted by molar-refractivity contribution is 6.53. The van der Waals surface area contributed by atoms with Crippen LogP contribution in [0.3, 0.4) is 0 Å². The van der Waals surface area contributed by atoms with Crippen molar-refractivity contribution in [3.05, 3.63) is 65.7 Å². The van der Waals surface area contributed by atoms with Crippen LogP contribution in [0.4, 0.5) is 11.4 Å². The van der Waals surface area contributed by atoms with Crippen molar-refractivity contribution >= 4 is 35.0 Å². The number of benzene rings is 2. The van der Waals surface area contributed by atoms with Crippen LogP contribution in [0.5, 0.6) is 0 Å². The summed E-state index contributed by atoms with van der Waals surface area (Å²) in [4.78, 5) is 26.0. The first-order valence-corrected chi connectivity index (χ1v) is 7.66. The average molecular weight is 334 g/mol. The van der Waals surface area contributed by atoms with Crippen molar-refractivity contribution in [2.75, 3.05) is 24.0 Å². The second-order valence-electron chi connectivity index (χ2n) is 5.73. The maximum Gasteiger partial charge on any atom is 0.281 e. The number of carboxylic acid groups (broad SMARTS) is 1. The van der Waals surface area contributed by atoms with Crippen molar-refractivity contribution in [3.8, 4) is 0 Å². The van der Waals surface area contributed by atoms with Gasteiger partial charge in [-0.2, -0.15) is 10.1 Å². The van der Waals surface area contributed by atoms with Gasteiger partial charge in [0.25, 0.3) is 5.91 Å². The third-order valence-corrected chi connectivity index (χ3v) is 3.79. The highest BCUT2D eigenvalue weighted by Gasteiger charge is 2.31. The number of carbonyl (C=O) groups is 2. The van der Waals surface area contributed by atoms with Gasteiger partial charge in [0.15, 0.2) is 0 Å². The van der Waals surface area contributed by atoms with E-state index in [-0.39, 0.29) is 11.3 Å². The van der Waals surface area contributed by atoms with Crippen LogP contribution in [-0.4, -0.2) is 31.7 Å². The van der Waals surface area contributed by atoms with E-state index < -0.39 is 11.9 Å². The molecule has 0 spiro atoms. The summed E-state index contributed by atoms with van der Waals surface area (Å²) in [5.41, 5.74) is 1.84. The summed E-state index contributed by atoms with van der Waals surface area (Å²) in [6, 6.07) is 16.1. The third kappa shape index (κ3) is 3.28. The molecular formula is C19H16N3O3-. The Morgan fingerprint density at radius 3 is 2.28 bits per heavy atom. The summed E-state index contributed by atoms with van der Waals surface area (Å²) in [5.74, 6) is -1.98. The summed E-state index contributed by atoms with van der Waals surface area (Å²) in [5, 5.41) is 16.4. The summed E-state index contributed by atoms with van der Waals surface area (Å²) < 4.78 is 0. The molecule has 0 radical (unpaired) electrons. The maximum absolute atomic E-state index is 12.6. The number of amides is 1. The molecule has 6 heteroatoms. The standard InChI is InChI=1S/C19H17N3O3/c1-21(2)14-10-8-13(9-11-14)12-16-17(19(24)25)20-22(18(16)23)15-6-4-3-5-7-15/h3-12H,1-2H3,(H,24,25)/p-1/b16-12+. The Hall–Kier alpha value is -3.41. The Balaban J connectivity index is 1.98. The second-order valence-corrected chi connectivity index (χ2v) is 5.73. The van der Waals surface area contributed by atoms with Gasteiger partial charge in [-0.25, -0.2) is 0 Å². The van der Waals surface area contributed by atoms with E-state index in [1.165, 1.54) is 6.08 Å². The van der Waals surface area contributed by atoms with Crippen molar-refractivity contribution in [2.45, 2.75) is 0 Å². The molecule has 0 aromatic heterocycles. The van der Waals surface area contributed by atoms with Crippen molar-refractivity contribution in [3.63, 3.8) is 0 Å². The molecule has 1 amide bonds. The van der Waals surface area contributed by atoms with Gasteiger partial charge in [0.2, 0.25) is 0 Å². The van der Waals surface area contributed by atoms with Crippen LogP contribution in [0.15, 0.2) is 65.3 Å². The first-order chi connectivity index (χ1) is 12.0. The first-order valence-electron chi connectivity index (χ1n) is 7.66. The Labute approximate surface area is 145 Å². The van der Waals surface area contributed by atoms with Gasteiger partial charge in [0.1, 0.15) is 5.71 Å². The smallest absolute Gasteiger partial charge is 0.281 e. The molecular weight excluding hydrogens is 318 g/mol. The van der Waals surface area contributed by atoms with Crippen LogP contribution in [-0.2, 0) is 9.59 Å². The Bertz CT molecular complexity index is 869. The van der Waals surface area contributed by atoms with Crippen molar-refractivity contribution < 1.29 is 14.7 Å². The van der Waals surface area contributed by atoms with Gasteiger partial charge in [0, 0.05) is 19.8 Å². The molecule has 2 aromatic rings. The molecule has 1 aliphatic rings. The summed E-state index contributed by atoms with van der Waals surface area (Å²) in [6.07, 6.45) is 1.51. The first kappa shape index (κ1) is 16.4. The van der Waals surface area contributed by atoms with E-state index >= 15 is 0 Å². The maximum atomic E-state index is 12.6. The predicted octanol–water partition coefficient (Wildman–Crippen LogP) is 1.29. The second kappa shape index (κ2) is 6.60. The lowest BCUT2D eigenvalue weighted by Crippen LogP contribution is -2.32. The molecule has 0 N–H and O–H groups in total. The number of carbonyl (C=O) groups excluding carboxylic acids is 2.